The third-order valence-corrected chi connectivity index (χ3v) is 3.14. The van der Waals surface area contributed by atoms with Crippen molar-refractivity contribution in [2.45, 2.75) is 32.4 Å². The Bertz CT molecular complexity index is 294. The van der Waals surface area contributed by atoms with E-state index in [4.69, 9.17) is 4.74 Å². The summed E-state index contributed by atoms with van der Waals surface area (Å²) in [5.74, 6) is 0. The Morgan fingerprint density at radius 2 is 2.38 bits per heavy atom. The topological polar surface area (TPSA) is 34.1 Å². The van der Waals surface area contributed by atoms with Gasteiger partial charge < -0.3 is 10.1 Å². The maximum atomic E-state index is 5.09. The lowest BCUT2D eigenvalue weighted by Crippen LogP contribution is -1.99. The summed E-state index contributed by atoms with van der Waals surface area (Å²) in [6.07, 6.45) is 2.58. The van der Waals surface area contributed by atoms with Crippen LogP contribution in [0.5, 0.6) is 0 Å². The van der Waals surface area contributed by atoms with E-state index >= 15 is 0 Å². The number of rotatable bonds is 4. The Labute approximate surface area is 82.1 Å². The van der Waals surface area contributed by atoms with Crippen molar-refractivity contribution in [1.82, 2.24) is 4.98 Å². The normalized spacial score (nSPS) is 16.2. The average molecular weight is 198 g/mol. The zero-order valence-electron chi connectivity index (χ0n) is 7.96. The number of methoxy groups -OCH3 is 1. The number of anilines is 1. The van der Waals surface area contributed by atoms with E-state index in [1.807, 2.05) is 6.92 Å². The van der Waals surface area contributed by atoms with Crippen LogP contribution in [0, 0.1) is 6.92 Å². The standard InChI is InChI=1S/C9H14N2OS/c1-6-8(5-12-2)13-9(10-6)11-7-3-4-7/h7H,3-5H2,1-2H3,(H,10,11). The molecule has 0 radical (unpaired) electrons. The minimum absolute atomic E-state index is 0.676. The predicted molar refractivity (Wildman–Crippen MR) is 54.2 cm³/mol. The van der Waals surface area contributed by atoms with Crippen molar-refractivity contribution >= 4 is 16.5 Å². The van der Waals surface area contributed by atoms with E-state index in [0.29, 0.717) is 12.6 Å². The lowest BCUT2D eigenvalue weighted by Gasteiger charge is -1.95. The monoisotopic (exact) mass is 198 g/mol. The minimum Gasteiger partial charge on any atom is -0.379 e. The van der Waals surface area contributed by atoms with E-state index in [-0.39, 0.29) is 0 Å². The molecule has 0 aliphatic heterocycles. The maximum Gasteiger partial charge on any atom is 0.183 e. The van der Waals surface area contributed by atoms with Crippen molar-refractivity contribution in [2.24, 2.45) is 0 Å². The van der Waals surface area contributed by atoms with Gasteiger partial charge in [-0.2, -0.15) is 0 Å². The van der Waals surface area contributed by atoms with Crippen LogP contribution in [0.1, 0.15) is 23.4 Å². The van der Waals surface area contributed by atoms with Crippen LogP contribution in [0.2, 0.25) is 0 Å². The van der Waals surface area contributed by atoms with E-state index in [0.717, 1.165) is 10.8 Å². The van der Waals surface area contributed by atoms with Gasteiger partial charge in [-0.05, 0) is 19.8 Å². The highest BCUT2D eigenvalue weighted by molar-refractivity contribution is 7.15. The molecule has 1 fully saturated rings. The molecule has 1 aromatic heterocycles. The van der Waals surface area contributed by atoms with Crippen LogP contribution < -0.4 is 5.32 Å². The summed E-state index contributed by atoms with van der Waals surface area (Å²) in [5.41, 5.74) is 1.09. The Morgan fingerprint density at radius 1 is 1.62 bits per heavy atom. The van der Waals surface area contributed by atoms with Gasteiger partial charge in [0.25, 0.3) is 0 Å². The summed E-state index contributed by atoms with van der Waals surface area (Å²) in [7, 11) is 1.72. The van der Waals surface area contributed by atoms with Crippen molar-refractivity contribution in [2.75, 3.05) is 12.4 Å². The zero-order valence-corrected chi connectivity index (χ0v) is 8.78. The highest BCUT2D eigenvalue weighted by atomic mass is 32.1. The van der Waals surface area contributed by atoms with Crippen molar-refractivity contribution in [3.63, 3.8) is 0 Å². The number of aryl methyl sites for hydroxylation is 1. The molecule has 1 aliphatic carbocycles. The molecule has 0 saturated heterocycles. The first-order valence-electron chi connectivity index (χ1n) is 4.51. The van der Waals surface area contributed by atoms with Gasteiger partial charge in [-0.3, -0.25) is 0 Å². The Kier molecular flexibility index (Phi) is 2.51. The lowest BCUT2D eigenvalue weighted by atomic mass is 10.4. The summed E-state index contributed by atoms with van der Waals surface area (Å²) in [6, 6.07) is 0.681. The van der Waals surface area contributed by atoms with Crippen molar-refractivity contribution in [1.29, 1.82) is 0 Å². The Balaban J connectivity index is 2.04. The molecule has 1 saturated carbocycles. The van der Waals surface area contributed by atoms with Gasteiger partial charge in [-0.1, -0.05) is 11.3 Å². The van der Waals surface area contributed by atoms with E-state index < -0.39 is 0 Å². The lowest BCUT2D eigenvalue weighted by molar-refractivity contribution is 0.187. The van der Waals surface area contributed by atoms with Crippen LogP contribution >= 0.6 is 11.3 Å². The highest BCUT2D eigenvalue weighted by Gasteiger charge is 2.22. The van der Waals surface area contributed by atoms with Crippen LogP contribution in [-0.2, 0) is 11.3 Å². The summed E-state index contributed by atoms with van der Waals surface area (Å²) < 4.78 is 5.09. The first kappa shape index (κ1) is 8.97. The summed E-state index contributed by atoms with van der Waals surface area (Å²) >= 11 is 1.71. The van der Waals surface area contributed by atoms with E-state index in [1.165, 1.54) is 17.7 Å². The van der Waals surface area contributed by atoms with Crippen LogP contribution in [0.15, 0.2) is 0 Å². The molecule has 1 aliphatic rings. The maximum absolute atomic E-state index is 5.09. The molecule has 0 spiro atoms. The van der Waals surface area contributed by atoms with Crippen LogP contribution in [-0.4, -0.2) is 18.1 Å². The number of nitrogens with zero attached hydrogens (tertiary/aromatic N) is 1. The number of hydrogen-bond donors (Lipinski definition) is 1. The molecule has 0 atom stereocenters. The quantitative estimate of drug-likeness (QED) is 0.805. The van der Waals surface area contributed by atoms with Gasteiger partial charge in [0, 0.05) is 13.2 Å². The number of thiazole rings is 1. The number of ether oxygens (including phenoxy) is 1. The molecule has 0 amide bonds. The van der Waals surface area contributed by atoms with Gasteiger partial charge in [0.05, 0.1) is 17.2 Å². The smallest absolute Gasteiger partial charge is 0.183 e. The fourth-order valence-corrected chi connectivity index (χ4v) is 2.17. The van der Waals surface area contributed by atoms with Crippen LogP contribution in [0.3, 0.4) is 0 Å². The summed E-state index contributed by atoms with van der Waals surface area (Å²) in [6.45, 7) is 2.71. The molecule has 4 heteroatoms. The summed E-state index contributed by atoms with van der Waals surface area (Å²) in [5, 5.41) is 4.44. The van der Waals surface area contributed by atoms with Crippen LogP contribution in [0.25, 0.3) is 0 Å². The molecule has 72 valence electrons. The fourth-order valence-electron chi connectivity index (χ4n) is 1.16. The molecule has 2 rings (SSSR count). The Hall–Kier alpha value is -0.610. The first-order valence-corrected chi connectivity index (χ1v) is 5.33. The highest BCUT2D eigenvalue weighted by Crippen LogP contribution is 2.29. The van der Waals surface area contributed by atoms with Crippen molar-refractivity contribution in [3.8, 4) is 0 Å². The molecular weight excluding hydrogens is 184 g/mol. The van der Waals surface area contributed by atoms with Gasteiger partial charge in [0.2, 0.25) is 0 Å². The molecule has 1 aromatic rings. The third-order valence-electron chi connectivity index (χ3n) is 2.07. The predicted octanol–water partition coefficient (Wildman–Crippen LogP) is 2.17. The molecule has 13 heavy (non-hydrogen) atoms. The van der Waals surface area contributed by atoms with E-state index in [2.05, 4.69) is 10.3 Å². The summed E-state index contributed by atoms with van der Waals surface area (Å²) in [4.78, 5) is 5.66. The van der Waals surface area contributed by atoms with E-state index in [9.17, 15) is 0 Å². The first-order chi connectivity index (χ1) is 6.29. The second-order valence-electron chi connectivity index (χ2n) is 3.38. The molecule has 0 bridgehead atoms. The zero-order chi connectivity index (χ0) is 9.26. The molecule has 0 aromatic carbocycles. The number of hydrogen-bond acceptors (Lipinski definition) is 4. The number of nitrogens with one attached hydrogen (secondary N) is 1. The second kappa shape index (κ2) is 3.64. The van der Waals surface area contributed by atoms with Gasteiger partial charge in [0.1, 0.15) is 0 Å². The second-order valence-corrected chi connectivity index (χ2v) is 4.46. The van der Waals surface area contributed by atoms with Crippen LogP contribution in [0.4, 0.5) is 5.13 Å². The van der Waals surface area contributed by atoms with Gasteiger partial charge in [-0.25, -0.2) is 4.98 Å². The van der Waals surface area contributed by atoms with Crippen molar-refractivity contribution in [3.05, 3.63) is 10.6 Å². The number of aromatic nitrogens is 1. The van der Waals surface area contributed by atoms with E-state index in [1.54, 1.807) is 18.4 Å². The largest absolute Gasteiger partial charge is 0.379 e. The molecule has 0 unspecified atom stereocenters. The van der Waals surface area contributed by atoms with Crippen molar-refractivity contribution < 1.29 is 4.74 Å². The minimum atomic E-state index is 0.676. The SMILES string of the molecule is COCc1sc(NC2CC2)nc1C. The fraction of sp³-hybridized carbons (Fsp3) is 0.667. The third kappa shape index (κ3) is 2.19. The average Bonchev–Trinajstić information content (AvgIpc) is 2.81. The van der Waals surface area contributed by atoms with Gasteiger partial charge in [0.15, 0.2) is 5.13 Å². The van der Waals surface area contributed by atoms with Gasteiger partial charge >= 0.3 is 0 Å². The molecule has 1 heterocycles. The molecule has 3 nitrogen and oxygen atoms in total. The molecule has 1 N–H and O–H groups in total. The Morgan fingerprint density at radius 3 is 3.00 bits per heavy atom. The van der Waals surface area contributed by atoms with Gasteiger partial charge in [-0.15, -0.1) is 0 Å². The molecular formula is C9H14N2OS.